The third kappa shape index (κ3) is 2.92. The smallest absolute Gasteiger partial charge is 0.290 e. The van der Waals surface area contributed by atoms with E-state index in [1.54, 1.807) is 36.4 Å². The Morgan fingerprint density at radius 2 is 1.67 bits per heavy atom. The van der Waals surface area contributed by atoms with Crippen LogP contribution >= 0.6 is 11.8 Å². The second kappa shape index (κ2) is 6.49. The molecule has 3 amide bonds. The maximum Gasteiger partial charge on any atom is 0.295 e. The normalized spacial score (nSPS) is 17.2. The monoisotopic (exact) mass is 340 g/mol. The number of hydrogen-bond acceptors (Lipinski definition) is 4. The van der Waals surface area contributed by atoms with Crippen molar-refractivity contribution < 1.29 is 14.4 Å². The fraction of sp³-hybridized carbons (Fsp3) is 0.167. The van der Waals surface area contributed by atoms with Gasteiger partial charge in [-0.1, -0.05) is 35.9 Å². The Hall–Kier alpha value is -2.60. The number of rotatable bonds is 3. The molecule has 0 aromatic heterocycles. The van der Waals surface area contributed by atoms with E-state index >= 15 is 0 Å². The Bertz CT molecular complexity index is 790. The molecule has 0 saturated carbocycles. The van der Waals surface area contributed by atoms with Crippen LogP contribution in [-0.4, -0.2) is 22.4 Å². The lowest BCUT2D eigenvalue weighted by Gasteiger charge is -2.25. The second-order valence-corrected chi connectivity index (χ2v) is 6.50. The van der Waals surface area contributed by atoms with Crippen LogP contribution in [0.2, 0.25) is 0 Å². The van der Waals surface area contributed by atoms with Crippen LogP contribution in [0, 0.1) is 6.92 Å². The number of amides is 3. The summed E-state index contributed by atoms with van der Waals surface area (Å²) in [5.41, 5.74) is 2.16. The Labute approximate surface area is 144 Å². The molecule has 5 nitrogen and oxygen atoms in total. The molecule has 1 saturated heterocycles. The topological polar surface area (TPSA) is 57.7 Å². The van der Waals surface area contributed by atoms with E-state index in [4.69, 9.17) is 0 Å². The van der Waals surface area contributed by atoms with Crippen molar-refractivity contribution in [2.45, 2.75) is 19.2 Å². The first kappa shape index (κ1) is 16.3. The van der Waals surface area contributed by atoms with Crippen LogP contribution in [0.3, 0.4) is 0 Å². The van der Waals surface area contributed by atoms with E-state index in [1.807, 2.05) is 25.1 Å². The van der Waals surface area contributed by atoms with Crippen molar-refractivity contribution >= 4 is 40.2 Å². The van der Waals surface area contributed by atoms with Crippen molar-refractivity contribution in [1.29, 1.82) is 0 Å². The zero-order valence-electron chi connectivity index (χ0n) is 13.3. The predicted molar refractivity (Wildman–Crippen MR) is 95.0 cm³/mol. The van der Waals surface area contributed by atoms with Gasteiger partial charge in [0.05, 0.1) is 5.69 Å². The summed E-state index contributed by atoms with van der Waals surface area (Å²) >= 11 is 0.855. The molecule has 0 spiro atoms. The van der Waals surface area contributed by atoms with Crippen LogP contribution in [-0.2, 0) is 9.59 Å². The molecule has 1 fully saturated rings. The van der Waals surface area contributed by atoms with Gasteiger partial charge in [0.25, 0.3) is 11.1 Å². The third-order valence-corrected chi connectivity index (χ3v) is 4.75. The van der Waals surface area contributed by atoms with Crippen LogP contribution in [0.5, 0.6) is 0 Å². The number of thioether (sulfide) groups is 1. The molecule has 0 radical (unpaired) electrons. The minimum Gasteiger partial charge on any atom is -0.290 e. The summed E-state index contributed by atoms with van der Waals surface area (Å²) in [5, 5.41) is -1.27. The van der Waals surface area contributed by atoms with Gasteiger partial charge in [-0.05, 0) is 43.0 Å². The first-order valence-electron chi connectivity index (χ1n) is 7.45. The van der Waals surface area contributed by atoms with E-state index < -0.39 is 11.3 Å². The van der Waals surface area contributed by atoms with Gasteiger partial charge in [0, 0.05) is 12.6 Å². The summed E-state index contributed by atoms with van der Waals surface area (Å²) in [6, 6.07) is 16.0. The molecular weight excluding hydrogens is 324 g/mol. The molecule has 0 aliphatic carbocycles. The van der Waals surface area contributed by atoms with E-state index in [9.17, 15) is 14.4 Å². The van der Waals surface area contributed by atoms with Gasteiger partial charge in [0.2, 0.25) is 5.91 Å². The van der Waals surface area contributed by atoms with Gasteiger partial charge in [0.15, 0.2) is 5.37 Å². The molecule has 1 aliphatic rings. The molecule has 0 bridgehead atoms. The third-order valence-electron chi connectivity index (χ3n) is 3.73. The molecule has 0 N–H and O–H groups in total. The van der Waals surface area contributed by atoms with Crippen molar-refractivity contribution in [2.24, 2.45) is 0 Å². The minimum atomic E-state index is -0.891. The summed E-state index contributed by atoms with van der Waals surface area (Å²) in [5.74, 6) is -0.695. The molecule has 1 heterocycles. The number of hydrogen-bond donors (Lipinski definition) is 0. The molecule has 6 heteroatoms. The van der Waals surface area contributed by atoms with Crippen molar-refractivity contribution in [3.63, 3.8) is 0 Å². The number of aryl methyl sites for hydroxylation is 1. The number of imide groups is 1. The molecule has 2 aromatic rings. The number of para-hydroxylation sites is 1. The molecule has 1 atom stereocenters. The maximum absolute atomic E-state index is 12.8. The van der Waals surface area contributed by atoms with E-state index in [1.165, 1.54) is 11.8 Å². The number of anilines is 2. The number of benzene rings is 2. The van der Waals surface area contributed by atoms with Crippen molar-refractivity contribution in [2.75, 3.05) is 9.80 Å². The fourth-order valence-electron chi connectivity index (χ4n) is 2.56. The van der Waals surface area contributed by atoms with E-state index in [0.29, 0.717) is 11.4 Å². The lowest BCUT2D eigenvalue weighted by molar-refractivity contribution is -0.121. The Morgan fingerprint density at radius 3 is 2.25 bits per heavy atom. The molecule has 2 aromatic carbocycles. The molecule has 24 heavy (non-hydrogen) atoms. The Balaban J connectivity index is 1.95. The lowest BCUT2D eigenvalue weighted by atomic mass is 10.2. The SMILES string of the molecule is CC(=O)N(c1ccc(C)cc1)[C@@H]1SC(=O)N(c2ccccc2)C1=O. The van der Waals surface area contributed by atoms with Gasteiger partial charge in [-0.2, -0.15) is 0 Å². The van der Waals surface area contributed by atoms with Crippen LogP contribution in [0.1, 0.15) is 12.5 Å². The highest BCUT2D eigenvalue weighted by Crippen LogP contribution is 2.35. The van der Waals surface area contributed by atoms with E-state index in [0.717, 1.165) is 22.2 Å². The van der Waals surface area contributed by atoms with Gasteiger partial charge in [-0.3, -0.25) is 19.3 Å². The standard InChI is InChI=1S/C18H16N2O3S/c1-12-8-10-15(11-9-12)19(13(2)21)17-16(22)20(18(23)24-17)14-6-4-3-5-7-14/h3-11,17H,1-2H3/t17-/m1/s1. The number of carbonyl (C=O) groups excluding carboxylic acids is 3. The van der Waals surface area contributed by atoms with Gasteiger partial charge in [-0.15, -0.1) is 0 Å². The van der Waals surface area contributed by atoms with E-state index in [2.05, 4.69) is 0 Å². The highest BCUT2D eigenvalue weighted by molar-refractivity contribution is 8.16. The largest absolute Gasteiger partial charge is 0.295 e. The van der Waals surface area contributed by atoms with Crippen LogP contribution in [0.25, 0.3) is 0 Å². The molecule has 122 valence electrons. The Kier molecular flexibility index (Phi) is 4.40. The van der Waals surface area contributed by atoms with Gasteiger partial charge in [0.1, 0.15) is 0 Å². The number of carbonyl (C=O) groups is 3. The van der Waals surface area contributed by atoms with Crippen LogP contribution in [0.4, 0.5) is 16.2 Å². The maximum atomic E-state index is 12.8. The molecular formula is C18H16N2O3S. The summed E-state index contributed by atoms with van der Waals surface area (Å²) in [7, 11) is 0. The molecule has 3 rings (SSSR count). The van der Waals surface area contributed by atoms with Gasteiger partial charge in [-0.25, -0.2) is 4.90 Å². The summed E-state index contributed by atoms with van der Waals surface area (Å²) < 4.78 is 0. The van der Waals surface area contributed by atoms with Gasteiger partial charge >= 0.3 is 0 Å². The zero-order valence-corrected chi connectivity index (χ0v) is 14.1. The van der Waals surface area contributed by atoms with Crippen molar-refractivity contribution in [1.82, 2.24) is 0 Å². The number of nitrogens with zero attached hydrogens (tertiary/aromatic N) is 2. The average molecular weight is 340 g/mol. The first-order chi connectivity index (χ1) is 11.5. The minimum absolute atomic E-state index is 0.285. The highest BCUT2D eigenvalue weighted by Gasteiger charge is 2.45. The second-order valence-electron chi connectivity index (χ2n) is 5.47. The molecule has 1 aliphatic heterocycles. The van der Waals surface area contributed by atoms with Gasteiger partial charge < -0.3 is 0 Å². The summed E-state index contributed by atoms with van der Waals surface area (Å²) in [6.45, 7) is 3.33. The van der Waals surface area contributed by atoms with Crippen LogP contribution < -0.4 is 9.80 Å². The van der Waals surface area contributed by atoms with E-state index in [-0.39, 0.29) is 11.1 Å². The zero-order chi connectivity index (χ0) is 17.3. The predicted octanol–water partition coefficient (Wildman–Crippen LogP) is 3.57. The first-order valence-corrected chi connectivity index (χ1v) is 8.33. The fourth-order valence-corrected chi connectivity index (χ4v) is 3.63. The van der Waals surface area contributed by atoms with Crippen molar-refractivity contribution in [3.05, 3.63) is 60.2 Å². The highest BCUT2D eigenvalue weighted by atomic mass is 32.2. The Morgan fingerprint density at radius 1 is 1.04 bits per heavy atom. The van der Waals surface area contributed by atoms with Crippen molar-refractivity contribution in [3.8, 4) is 0 Å². The quantitative estimate of drug-likeness (QED) is 0.857. The summed E-state index contributed by atoms with van der Waals surface area (Å²) in [4.78, 5) is 39.8. The molecule has 0 unspecified atom stereocenters. The van der Waals surface area contributed by atoms with Crippen LogP contribution in [0.15, 0.2) is 54.6 Å². The lowest BCUT2D eigenvalue weighted by Crippen LogP contribution is -2.44. The average Bonchev–Trinajstić information content (AvgIpc) is 2.84. The summed E-state index contributed by atoms with van der Waals surface area (Å²) in [6.07, 6.45) is 0.